The first-order chi connectivity index (χ1) is 11.7. The molecule has 0 aliphatic carbocycles. The molecule has 0 fully saturated rings. The van der Waals surface area contributed by atoms with Crippen molar-refractivity contribution in [1.29, 1.82) is 0 Å². The van der Waals surface area contributed by atoms with Crippen LogP contribution in [0.3, 0.4) is 0 Å². The van der Waals surface area contributed by atoms with Gasteiger partial charge in [0.15, 0.2) is 0 Å². The van der Waals surface area contributed by atoms with E-state index in [1.165, 1.54) is 96.3 Å². The van der Waals surface area contributed by atoms with Crippen LogP contribution in [0.25, 0.3) is 0 Å². The Morgan fingerprint density at radius 3 is 1.38 bits per heavy atom. The number of ether oxygens (including phenoxy) is 1. The van der Waals surface area contributed by atoms with Crippen molar-refractivity contribution in [3.63, 3.8) is 0 Å². The molecular formula is C21H42O2S. The maximum Gasteiger partial charge on any atom is 0.318 e. The number of thiol groups is 1. The van der Waals surface area contributed by atoms with Crippen molar-refractivity contribution in [2.24, 2.45) is 0 Å². The highest BCUT2D eigenvalue weighted by Gasteiger charge is 2.07. The minimum absolute atomic E-state index is 0.195. The molecular weight excluding hydrogens is 316 g/mol. The Balaban J connectivity index is 3.04. The van der Waals surface area contributed by atoms with E-state index < -0.39 is 0 Å². The number of carbonyl (C=O) groups excluding carboxylic acids is 1. The number of rotatable bonds is 18. The third-order valence-corrected chi connectivity index (χ3v) is 4.79. The zero-order valence-corrected chi connectivity index (χ0v) is 17.3. The minimum Gasteiger partial charge on any atom is -0.465 e. The molecule has 0 aliphatic rings. The standard InChI is InChI=1S/C21H42O2S/c1-3-4-5-6-7-8-9-10-11-12-13-14-15-16-17-18-19-23-21(22)20(2)24/h20,24H,3-19H2,1-2H3. The highest BCUT2D eigenvalue weighted by Crippen LogP contribution is 2.13. The molecule has 0 aliphatic heterocycles. The third-order valence-electron chi connectivity index (χ3n) is 4.58. The Kier molecular flexibility index (Phi) is 19.0. The predicted molar refractivity (Wildman–Crippen MR) is 109 cm³/mol. The molecule has 144 valence electrons. The number of carbonyl (C=O) groups is 1. The van der Waals surface area contributed by atoms with Gasteiger partial charge in [-0.3, -0.25) is 4.79 Å². The summed E-state index contributed by atoms with van der Waals surface area (Å²) < 4.78 is 5.11. The van der Waals surface area contributed by atoms with Crippen LogP contribution in [0.1, 0.15) is 117 Å². The molecule has 0 aromatic rings. The van der Waals surface area contributed by atoms with Gasteiger partial charge in [-0.15, -0.1) is 0 Å². The first kappa shape index (κ1) is 23.8. The van der Waals surface area contributed by atoms with Crippen LogP contribution < -0.4 is 0 Å². The molecule has 0 aromatic heterocycles. The maximum absolute atomic E-state index is 11.2. The number of hydrogen-bond donors (Lipinski definition) is 1. The van der Waals surface area contributed by atoms with Crippen molar-refractivity contribution >= 4 is 18.6 Å². The summed E-state index contributed by atoms with van der Waals surface area (Å²) in [5.74, 6) is -0.195. The molecule has 0 bridgehead atoms. The van der Waals surface area contributed by atoms with Crippen LogP contribution in [0.15, 0.2) is 0 Å². The lowest BCUT2D eigenvalue weighted by Gasteiger charge is -2.06. The van der Waals surface area contributed by atoms with E-state index in [0.717, 1.165) is 6.42 Å². The first-order valence-corrected chi connectivity index (χ1v) is 11.0. The van der Waals surface area contributed by atoms with Crippen LogP contribution in [-0.4, -0.2) is 17.8 Å². The first-order valence-electron chi connectivity index (χ1n) is 10.5. The molecule has 24 heavy (non-hydrogen) atoms. The highest BCUT2D eigenvalue weighted by atomic mass is 32.1. The largest absolute Gasteiger partial charge is 0.465 e. The zero-order chi connectivity index (χ0) is 17.9. The molecule has 0 saturated carbocycles. The Hall–Kier alpha value is -0.180. The zero-order valence-electron chi connectivity index (χ0n) is 16.4. The average Bonchev–Trinajstić information content (AvgIpc) is 2.57. The van der Waals surface area contributed by atoms with E-state index in [1.807, 2.05) is 0 Å². The second-order valence-electron chi connectivity index (χ2n) is 7.15. The number of esters is 1. The van der Waals surface area contributed by atoms with Gasteiger partial charge < -0.3 is 4.74 Å². The van der Waals surface area contributed by atoms with Gasteiger partial charge in [0.25, 0.3) is 0 Å². The van der Waals surface area contributed by atoms with Crippen LogP contribution in [-0.2, 0) is 9.53 Å². The molecule has 1 unspecified atom stereocenters. The molecule has 0 radical (unpaired) electrons. The Labute approximate surface area is 156 Å². The lowest BCUT2D eigenvalue weighted by atomic mass is 10.0. The lowest BCUT2D eigenvalue weighted by Crippen LogP contribution is -2.15. The fourth-order valence-corrected chi connectivity index (χ4v) is 3.02. The number of hydrogen-bond acceptors (Lipinski definition) is 3. The Bertz CT molecular complexity index is 267. The van der Waals surface area contributed by atoms with Gasteiger partial charge in [0.05, 0.1) is 11.9 Å². The maximum atomic E-state index is 11.2. The molecule has 0 spiro atoms. The molecule has 2 nitrogen and oxygen atoms in total. The molecule has 0 amide bonds. The van der Waals surface area contributed by atoms with E-state index in [2.05, 4.69) is 19.6 Å². The number of unbranched alkanes of at least 4 members (excludes halogenated alkanes) is 15. The highest BCUT2D eigenvalue weighted by molar-refractivity contribution is 7.81. The molecule has 1 atom stereocenters. The monoisotopic (exact) mass is 358 g/mol. The fourth-order valence-electron chi connectivity index (χ4n) is 2.94. The van der Waals surface area contributed by atoms with Gasteiger partial charge in [-0.25, -0.2) is 0 Å². The second-order valence-corrected chi connectivity index (χ2v) is 7.92. The smallest absolute Gasteiger partial charge is 0.318 e. The fraction of sp³-hybridized carbons (Fsp3) is 0.952. The van der Waals surface area contributed by atoms with Crippen molar-refractivity contribution < 1.29 is 9.53 Å². The summed E-state index contributed by atoms with van der Waals surface area (Å²) in [6.45, 7) is 4.59. The Morgan fingerprint density at radius 1 is 0.708 bits per heavy atom. The van der Waals surface area contributed by atoms with Crippen LogP contribution >= 0.6 is 12.6 Å². The van der Waals surface area contributed by atoms with Gasteiger partial charge in [-0.1, -0.05) is 103 Å². The van der Waals surface area contributed by atoms with Crippen LogP contribution in [0.2, 0.25) is 0 Å². The summed E-state index contributed by atoms with van der Waals surface area (Å²) in [5.41, 5.74) is 0. The van der Waals surface area contributed by atoms with Crippen molar-refractivity contribution in [3.05, 3.63) is 0 Å². The van der Waals surface area contributed by atoms with Gasteiger partial charge in [0.2, 0.25) is 0 Å². The van der Waals surface area contributed by atoms with Gasteiger partial charge >= 0.3 is 5.97 Å². The van der Waals surface area contributed by atoms with E-state index in [1.54, 1.807) is 6.92 Å². The summed E-state index contributed by atoms with van der Waals surface area (Å²) in [5, 5.41) is -0.300. The third kappa shape index (κ3) is 18.2. The average molecular weight is 359 g/mol. The normalized spacial score (nSPS) is 12.3. The van der Waals surface area contributed by atoms with Gasteiger partial charge in [0.1, 0.15) is 0 Å². The van der Waals surface area contributed by atoms with Crippen LogP contribution in [0.5, 0.6) is 0 Å². The predicted octanol–water partition coefficient (Wildman–Crippen LogP) is 7.11. The summed E-state index contributed by atoms with van der Waals surface area (Å²) >= 11 is 4.05. The van der Waals surface area contributed by atoms with Crippen molar-refractivity contribution in [2.75, 3.05) is 6.61 Å². The Morgan fingerprint density at radius 2 is 1.04 bits per heavy atom. The summed E-state index contributed by atoms with van der Waals surface area (Å²) in [6.07, 6.45) is 21.8. The molecule has 3 heteroatoms. The van der Waals surface area contributed by atoms with Crippen molar-refractivity contribution in [1.82, 2.24) is 0 Å². The van der Waals surface area contributed by atoms with Gasteiger partial charge in [-0.2, -0.15) is 12.6 Å². The van der Waals surface area contributed by atoms with E-state index in [-0.39, 0.29) is 11.2 Å². The summed E-state index contributed by atoms with van der Waals surface area (Å²) in [4.78, 5) is 11.2. The summed E-state index contributed by atoms with van der Waals surface area (Å²) in [7, 11) is 0. The van der Waals surface area contributed by atoms with Crippen LogP contribution in [0, 0.1) is 0 Å². The lowest BCUT2D eigenvalue weighted by molar-refractivity contribution is -0.142. The minimum atomic E-state index is -0.300. The van der Waals surface area contributed by atoms with E-state index in [0.29, 0.717) is 6.61 Å². The van der Waals surface area contributed by atoms with Crippen molar-refractivity contribution in [3.8, 4) is 0 Å². The van der Waals surface area contributed by atoms with Crippen LogP contribution in [0.4, 0.5) is 0 Å². The van der Waals surface area contributed by atoms with Gasteiger partial charge in [-0.05, 0) is 13.3 Å². The quantitative estimate of drug-likeness (QED) is 0.160. The summed E-state index contributed by atoms with van der Waals surface area (Å²) in [6, 6.07) is 0. The topological polar surface area (TPSA) is 26.3 Å². The molecule has 0 N–H and O–H groups in total. The molecule has 0 rings (SSSR count). The van der Waals surface area contributed by atoms with E-state index in [9.17, 15) is 4.79 Å². The molecule has 0 heterocycles. The van der Waals surface area contributed by atoms with Crippen molar-refractivity contribution in [2.45, 2.75) is 122 Å². The molecule has 0 saturated heterocycles. The van der Waals surface area contributed by atoms with E-state index in [4.69, 9.17) is 4.74 Å². The SMILES string of the molecule is CCCCCCCCCCCCCCCCCCOC(=O)C(C)S. The second kappa shape index (κ2) is 19.1. The van der Waals surface area contributed by atoms with E-state index >= 15 is 0 Å². The van der Waals surface area contributed by atoms with Gasteiger partial charge in [0, 0.05) is 0 Å². The molecule has 0 aromatic carbocycles.